The summed E-state index contributed by atoms with van der Waals surface area (Å²) in [6.45, 7) is 5.01. The highest BCUT2D eigenvalue weighted by Gasteiger charge is 2.19. The molecule has 0 bridgehead atoms. The molecule has 0 aliphatic carbocycles. The zero-order valence-electron chi connectivity index (χ0n) is 7.86. The third-order valence-electron chi connectivity index (χ3n) is 2.44. The molecule has 1 N–H and O–H groups in total. The van der Waals surface area contributed by atoms with Crippen LogP contribution in [-0.2, 0) is 6.54 Å². The maximum atomic E-state index is 9.34. The molecule has 1 aromatic rings. The van der Waals surface area contributed by atoms with Gasteiger partial charge in [-0.25, -0.2) is 0 Å². The Labute approximate surface area is 82.8 Å². The van der Waals surface area contributed by atoms with Crippen LogP contribution in [-0.4, -0.2) is 29.2 Å². The van der Waals surface area contributed by atoms with Gasteiger partial charge in [0.05, 0.1) is 6.10 Å². The molecule has 0 saturated carbocycles. The molecule has 0 radical (unpaired) electrons. The number of thiophene rings is 1. The first-order valence-corrected chi connectivity index (χ1v) is 5.56. The van der Waals surface area contributed by atoms with Gasteiger partial charge in [-0.3, -0.25) is 4.90 Å². The van der Waals surface area contributed by atoms with E-state index in [0.29, 0.717) is 0 Å². The van der Waals surface area contributed by atoms with Crippen molar-refractivity contribution in [3.63, 3.8) is 0 Å². The number of hydrogen-bond acceptors (Lipinski definition) is 3. The van der Waals surface area contributed by atoms with Gasteiger partial charge in [-0.05, 0) is 30.4 Å². The van der Waals surface area contributed by atoms with Crippen LogP contribution in [0.25, 0.3) is 0 Å². The first-order valence-electron chi connectivity index (χ1n) is 4.68. The van der Waals surface area contributed by atoms with Crippen molar-refractivity contribution < 1.29 is 5.11 Å². The minimum atomic E-state index is -0.0975. The van der Waals surface area contributed by atoms with E-state index in [9.17, 15) is 5.11 Å². The minimum absolute atomic E-state index is 0.0975. The number of aliphatic hydroxyl groups is 1. The van der Waals surface area contributed by atoms with Crippen molar-refractivity contribution in [1.82, 2.24) is 4.90 Å². The van der Waals surface area contributed by atoms with E-state index < -0.39 is 0 Å². The van der Waals surface area contributed by atoms with Crippen LogP contribution in [0.15, 0.2) is 11.4 Å². The lowest BCUT2D eigenvalue weighted by atomic mass is 10.3. The lowest BCUT2D eigenvalue weighted by Crippen LogP contribution is -2.21. The van der Waals surface area contributed by atoms with Crippen LogP contribution in [0.4, 0.5) is 0 Å². The van der Waals surface area contributed by atoms with Crippen molar-refractivity contribution >= 4 is 11.3 Å². The Morgan fingerprint density at radius 1 is 1.69 bits per heavy atom. The molecule has 1 aromatic heterocycles. The van der Waals surface area contributed by atoms with Crippen molar-refractivity contribution in [2.24, 2.45) is 0 Å². The quantitative estimate of drug-likeness (QED) is 0.779. The van der Waals surface area contributed by atoms with E-state index in [2.05, 4.69) is 23.3 Å². The maximum Gasteiger partial charge on any atom is 0.0679 e. The van der Waals surface area contributed by atoms with Gasteiger partial charge in [-0.15, -0.1) is 11.3 Å². The molecular formula is C10H15NOS. The second-order valence-electron chi connectivity index (χ2n) is 3.74. The maximum absolute atomic E-state index is 9.34. The van der Waals surface area contributed by atoms with Crippen LogP contribution < -0.4 is 0 Å². The number of nitrogens with zero attached hydrogens (tertiary/aromatic N) is 1. The van der Waals surface area contributed by atoms with Crippen LogP contribution in [0.3, 0.4) is 0 Å². The largest absolute Gasteiger partial charge is 0.392 e. The van der Waals surface area contributed by atoms with Gasteiger partial charge in [0.1, 0.15) is 0 Å². The van der Waals surface area contributed by atoms with Gasteiger partial charge in [0, 0.05) is 24.5 Å². The fourth-order valence-corrected chi connectivity index (χ4v) is 2.49. The van der Waals surface area contributed by atoms with Crippen molar-refractivity contribution in [3.8, 4) is 0 Å². The fraction of sp³-hybridized carbons (Fsp3) is 0.600. The highest BCUT2D eigenvalue weighted by molar-refractivity contribution is 7.10. The summed E-state index contributed by atoms with van der Waals surface area (Å²) in [4.78, 5) is 3.68. The Morgan fingerprint density at radius 2 is 2.54 bits per heavy atom. The van der Waals surface area contributed by atoms with Crippen LogP contribution in [0, 0.1) is 6.92 Å². The molecule has 13 heavy (non-hydrogen) atoms. The van der Waals surface area contributed by atoms with E-state index in [-0.39, 0.29) is 6.10 Å². The van der Waals surface area contributed by atoms with E-state index in [0.717, 1.165) is 26.1 Å². The molecule has 2 heterocycles. The number of hydrogen-bond donors (Lipinski definition) is 1. The topological polar surface area (TPSA) is 23.5 Å². The summed E-state index contributed by atoms with van der Waals surface area (Å²) in [5, 5.41) is 11.6. The van der Waals surface area contributed by atoms with Crippen molar-refractivity contribution in [1.29, 1.82) is 0 Å². The number of β-amino-alcohol motifs (C(OH)–C–C–N with tert-alkyl or cyclic N) is 1. The number of aliphatic hydroxyl groups excluding tert-OH is 1. The van der Waals surface area contributed by atoms with E-state index in [1.54, 1.807) is 11.3 Å². The van der Waals surface area contributed by atoms with Crippen LogP contribution >= 0.6 is 11.3 Å². The molecule has 0 amide bonds. The van der Waals surface area contributed by atoms with Gasteiger partial charge < -0.3 is 5.11 Å². The molecule has 1 saturated heterocycles. The lowest BCUT2D eigenvalue weighted by molar-refractivity contribution is 0.175. The van der Waals surface area contributed by atoms with Gasteiger partial charge in [0.25, 0.3) is 0 Å². The van der Waals surface area contributed by atoms with Gasteiger partial charge in [-0.1, -0.05) is 0 Å². The number of likely N-dealkylation sites (tertiary alicyclic amines) is 1. The van der Waals surface area contributed by atoms with Crippen molar-refractivity contribution in [3.05, 3.63) is 21.9 Å². The molecule has 0 unspecified atom stereocenters. The van der Waals surface area contributed by atoms with E-state index in [1.165, 1.54) is 10.4 Å². The summed E-state index contributed by atoms with van der Waals surface area (Å²) in [6, 6.07) is 2.23. The predicted molar refractivity (Wildman–Crippen MR) is 55.0 cm³/mol. The molecule has 2 nitrogen and oxygen atoms in total. The first-order chi connectivity index (χ1) is 6.24. The zero-order valence-corrected chi connectivity index (χ0v) is 8.68. The highest BCUT2D eigenvalue weighted by Crippen LogP contribution is 2.17. The molecule has 0 aromatic carbocycles. The monoisotopic (exact) mass is 197 g/mol. The van der Waals surface area contributed by atoms with Crippen LogP contribution in [0.5, 0.6) is 0 Å². The molecule has 2 rings (SSSR count). The van der Waals surface area contributed by atoms with Crippen LogP contribution in [0.2, 0.25) is 0 Å². The van der Waals surface area contributed by atoms with Crippen molar-refractivity contribution in [2.45, 2.75) is 26.0 Å². The fourth-order valence-electron chi connectivity index (χ4n) is 1.79. The first kappa shape index (κ1) is 9.19. The van der Waals surface area contributed by atoms with Gasteiger partial charge in [-0.2, -0.15) is 0 Å². The standard InChI is InChI=1S/C10H15NOS/c1-8-4-9(7-13-8)5-11-3-2-10(12)6-11/h4,7,10,12H,2-3,5-6H2,1H3/t10-/m1/s1. The average molecular weight is 197 g/mol. The predicted octanol–water partition coefficient (Wildman–Crippen LogP) is 1.62. The normalized spacial score (nSPS) is 24.0. The van der Waals surface area contributed by atoms with Crippen LogP contribution in [0.1, 0.15) is 16.9 Å². The third kappa shape index (κ3) is 2.30. The Kier molecular flexibility index (Phi) is 2.67. The lowest BCUT2D eigenvalue weighted by Gasteiger charge is -2.13. The molecule has 72 valence electrons. The van der Waals surface area contributed by atoms with Gasteiger partial charge in [0.15, 0.2) is 0 Å². The molecule has 1 atom stereocenters. The molecule has 1 fully saturated rings. The Bertz CT molecular complexity index is 284. The van der Waals surface area contributed by atoms with Gasteiger partial charge >= 0.3 is 0 Å². The number of aryl methyl sites for hydroxylation is 1. The highest BCUT2D eigenvalue weighted by atomic mass is 32.1. The van der Waals surface area contributed by atoms with E-state index in [4.69, 9.17) is 0 Å². The molecule has 1 aliphatic rings. The number of rotatable bonds is 2. The smallest absolute Gasteiger partial charge is 0.0679 e. The Balaban J connectivity index is 1.91. The van der Waals surface area contributed by atoms with E-state index in [1.807, 2.05) is 0 Å². The Morgan fingerprint density at radius 3 is 3.08 bits per heavy atom. The van der Waals surface area contributed by atoms with Crippen molar-refractivity contribution in [2.75, 3.05) is 13.1 Å². The minimum Gasteiger partial charge on any atom is -0.392 e. The second kappa shape index (κ2) is 3.78. The summed E-state index contributed by atoms with van der Waals surface area (Å²) in [6.07, 6.45) is 0.836. The van der Waals surface area contributed by atoms with E-state index >= 15 is 0 Å². The summed E-state index contributed by atoms with van der Waals surface area (Å²) in [7, 11) is 0. The van der Waals surface area contributed by atoms with Gasteiger partial charge in [0.2, 0.25) is 0 Å². The zero-order chi connectivity index (χ0) is 9.26. The average Bonchev–Trinajstić information content (AvgIpc) is 2.62. The summed E-state index contributed by atoms with van der Waals surface area (Å²) in [5.41, 5.74) is 1.39. The summed E-state index contributed by atoms with van der Waals surface area (Å²) in [5.74, 6) is 0. The summed E-state index contributed by atoms with van der Waals surface area (Å²) >= 11 is 1.80. The second-order valence-corrected chi connectivity index (χ2v) is 4.86. The molecule has 1 aliphatic heterocycles. The SMILES string of the molecule is Cc1cc(CN2CC[C@@H](O)C2)cs1. The molecule has 0 spiro atoms. The Hall–Kier alpha value is -0.380. The molecular weight excluding hydrogens is 182 g/mol. The third-order valence-corrected chi connectivity index (χ3v) is 3.35. The molecule has 3 heteroatoms. The summed E-state index contributed by atoms with van der Waals surface area (Å²) < 4.78 is 0.